The Morgan fingerprint density at radius 1 is 1.05 bits per heavy atom. The van der Waals surface area contributed by atoms with Crippen LogP contribution >= 0.6 is 23.2 Å². The Labute approximate surface area is 257 Å². The maximum Gasteiger partial charge on any atom is 0.245 e. The number of benzene rings is 2. The van der Waals surface area contributed by atoms with Gasteiger partial charge in [-0.1, -0.05) is 54.6 Å². The highest BCUT2D eigenvalue weighted by Crippen LogP contribution is 2.36. The van der Waals surface area contributed by atoms with E-state index in [0.29, 0.717) is 54.0 Å². The second kappa shape index (κ2) is 14.6. The van der Waals surface area contributed by atoms with E-state index in [4.69, 9.17) is 28.9 Å². The minimum atomic E-state index is -0.793. The summed E-state index contributed by atoms with van der Waals surface area (Å²) < 4.78 is 14.1. The molecular formula is C31H40Cl2FN5O3. The van der Waals surface area contributed by atoms with E-state index in [1.54, 1.807) is 40.1 Å². The number of carbonyl (C=O) groups is 3. The number of nitrogens with two attached hydrogens (primary N) is 1. The normalized spacial score (nSPS) is 17.9. The van der Waals surface area contributed by atoms with Crippen molar-refractivity contribution in [3.63, 3.8) is 0 Å². The summed E-state index contributed by atoms with van der Waals surface area (Å²) in [4.78, 5) is 44.9. The van der Waals surface area contributed by atoms with Gasteiger partial charge in [-0.3, -0.25) is 19.3 Å². The minimum absolute atomic E-state index is 0.117. The molecule has 1 aliphatic carbocycles. The van der Waals surface area contributed by atoms with E-state index in [1.165, 1.54) is 19.1 Å². The first-order valence-corrected chi connectivity index (χ1v) is 15.4. The fraction of sp³-hybridized carbons (Fsp3) is 0.516. The summed E-state index contributed by atoms with van der Waals surface area (Å²) >= 11 is 12.5. The van der Waals surface area contributed by atoms with E-state index in [9.17, 15) is 18.8 Å². The van der Waals surface area contributed by atoms with Crippen molar-refractivity contribution in [2.24, 2.45) is 5.73 Å². The van der Waals surface area contributed by atoms with Gasteiger partial charge >= 0.3 is 0 Å². The molecule has 4 rings (SSSR count). The Kier molecular flexibility index (Phi) is 11.2. The van der Waals surface area contributed by atoms with Crippen LogP contribution in [-0.2, 0) is 20.8 Å². The number of hydrogen-bond acceptors (Lipinski definition) is 5. The highest BCUT2D eigenvalue weighted by molar-refractivity contribution is 6.35. The smallest absolute Gasteiger partial charge is 0.245 e. The third-order valence-corrected chi connectivity index (χ3v) is 9.03. The van der Waals surface area contributed by atoms with Crippen LogP contribution < -0.4 is 16.0 Å². The molecule has 42 heavy (non-hydrogen) atoms. The zero-order chi connectivity index (χ0) is 30.3. The van der Waals surface area contributed by atoms with Gasteiger partial charge in [-0.05, 0) is 48.7 Å². The Balaban J connectivity index is 1.49. The number of rotatable bonds is 10. The van der Waals surface area contributed by atoms with Gasteiger partial charge in [-0.25, -0.2) is 4.39 Å². The molecule has 1 aliphatic heterocycles. The van der Waals surface area contributed by atoms with Crippen molar-refractivity contribution in [2.75, 3.05) is 44.2 Å². The van der Waals surface area contributed by atoms with Crippen LogP contribution in [0.5, 0.6) is 0 Å². The fourth-order valence-corrected chi connectivity index (χ4v) is 6.72. The molecule has 2 aromatic rings. The van der Waals surface area contributed by atoms with Gasteiger partial charge in [0.1, 0.15) is 11.9 Å². The van der Waals surface area contributed by atoms with Crippen molar-refractivity contribution < 1.29 is 18.8 Å². The second-order valence-corrected chi connectivity index (χ2v) is 12.1. The molecule has 0 aromatic heterocycles. The molecule has 1 atom stereocenters. The van der Waals surface area contributed by atoms with E-state index in [-0.39, 0.29) is 48.5 Å². The van der Waals surface area contributed by atoms with Gasteiger partial charge in [-0.2, -0.15) is 0 Å². The third kappa shape index (κ3) is 8.01. The molecule has 2 aromatic carbocycles. The quantitative estimate of drug-likeness (QED) is 0.410. The number of nitrogens with one attached hydrogen (secondary N) is 1. The number of piperazine rings is 1. The van der Waals surface area contributed by atoms with Crippen LogP contribution in [0.25, 0.3) is 0 Å². The molecule has 0 radical (unpaired) electrons. The van der Waals surface area contributed by atoms with Crippen LogP contribution in [0.2, 0.25) is 10.0 Å². The molecule has 1 saturated heterocycles. The van der Waals surface area contributed by atoms with Gasteiger partial charge in [-0.15, -0.1) is 0 Å². The lowest BCUT2D eigenvalue weighted by atomic mass is 9.79. The zero-order valence-electron chi connectivity index (χ0n) is 24.1. The largest absolute Gasteiger partial charge is 0.344 e. The predicted octanol–water partition coefficient (Wildman–Crippen LogP) is 4.41. The maximum atomic E-state index is 14.1. The number of carbonyl (C=O) groups excluding carboxylic acids is 3. The maximum absolute atomic E-state index is 14.1. The van der Waals surface area contributed by atoms with E-state index in [2.05, 4.69) is 10.2 Å². The summed E-state index contributed by atoms with van der Waals surface area (Å²) in [6.07, 6.45) is 5.43. The molecular weight excluding hydrogens is 580 g/mol. The summed E-state index contributed by atoms with van der Waals surface area (Å²) in [5.74, 6) is -0.968. The molecule has 2 fully saturated rings. The summed E-state index contributed by atoms with van der Waals surface area (Å²) in [6.45, 7) is 4.40. The van der Waals surface area contributed by atoms with Gasteiger partial charge < -0.3 is 20.9 Å². The lowest BCUT2D eigenvalue weighted by Gasteiger charge is -2.51. The van der Waals surface area contributed by atoms with Crippen LogP contribution in [0.15, 0.2) is 42.5 Å². The summed E-state index contributed by atoms with van der Waals surface area (Å²) in [7, 11) is 0. The standard InChI is InChI=1S/C31H40Cl2FN5O3/c1-22(40)39(26-7-5-6-25(34)20-26)21-31(11-3-2-4-12-31)38-16-14-37(15-17-38)30(42)28(36-29(41)10-13-35)18-23-8-9-24(32)19-27(23)33/h5-9,19-20,28H,2-4,10-18,21,35H2,1H3,(H,36,41). The molecule has 3 amide bonds. The first kappa shape index (κ1) is 32.2. The van der Waals surface area contributed by atoms with Crippen LogP contribution in [0, 0.1) is 5.82 Å². The monoisotopic (exact) mass is 619 g/mol. The number of anilines is 1. The Morgan fingerprint density at radius 2 is 1.76 bits per heavy atom. The van der Waals surface area contributed by atoms with Crippen LogP contribution in [0.3, 0.4) is 0 Å². The average molecular weight is 621 g/mol. The Hall–Kier alpha value is -2.72. The molecule has 11 heteroatoms. The van der Waals surface area contributed by atoms with Crippen molar-refractivity contribution in [3.8, 4) is 0 Å². The number of amides is 3. The Morgan fingerprint density at radius 3 is 2.38 bits per heavy atom. The minimum Gasteiger partial charge on any atom is -0.344 e. The van der Waals surface area contributed by atoms with Crippen molar-refractivity contribution in [1.29, 1.82) is 0 Å². The molecule has 3 N–H and O–H groups in total. The van der Waals surface area contributed by atoms with Gasteiger partial charge in [0, 0.05) is 80.3 Å². The van der Waals surface area contributed by atoms with Crippen LogP contribution in [0.1, 0.15) is 51.0 Å². The average Bonchev–Trinajstić information content (AvgIpc) is 2.97. The SMILES string of the molecule is CC(=O)N(CC1(N2CCN(C(=O)C(Cc3ccc(Cl)cc3Cl)NC(=O)CCN)CC2)CCCCC1)c1cccc(F)c1. The van der Waals surface area contributed by atoms with Crippen molar-refractivity contribution in [2.45, 2.75) is 63.5 Å². The van der Waals surface area contributed by atoms with Crippen molar-refractivity contribution in [1.82, 2.24) is 15.1 Å². The first-order chi connectivity index (χ1) is 20.1. The van der Waals surface area contributed by atoms with Crippen LogP contribution in [-0.4, -0.2) is 78.4 Å². The zero-order valence-corrected chi connectivity index (χ0v) is 25.6. The molecule has 8 nitrogen and oxygen atoms in total. The molecule has 1 unspecified atom stereocenters. The summed E-state index contributed by atoms with van der Waals surface area (Å²) in [5.41, 5.74) is 6.58. The van der Waals surface area contributed by atoms with E-state index in [0.717, 1.165) is 32.1 Å². The van der Waals surface area contributed by atoms with Crippen molar-refractivity contribution >= 4 is 46.6 Å². The number of hydrogen-bond donors (Lipinski definition) is 2. The van der Waals surface area contributed by atoms with Crippen molar-refractivity contribution in [3.05, 3.63) is 63.9 Å². The predicted molar refractivity (Wildman–Crippen MR) is 164 cm³/mol. The molecule has 0 spiro atoms. The van der Waals surface area contributed by atoms with E-state index >= 15 is 0 Å². The molecule has 228 valence electrons. The third-order valence-electron chi connectivity index (χ3n) is 8.44. The summed E-state index contributed by atoms with van der Waals surface area (Å²) in [6, 6.07) is 10.5. The van der Waals surface area contributed by atoms with Gasteiger partial charge in [0.25, 0.3) is 0 Å². The second-order valence-electron chi connectivity index (χ2n) is 11.3. The fourth-order valence-electron chi connectivity index (χ4n) is 6.23. The topological polar surface area (TPSA) is 99.0 Å². The first-order valence-electron chi connectivity index (χ1n) is 14.6. The van der Waals surface area contributed by atoms with Crippen LogP contribution in [0.4, 0.5) is 10.1 Å². The lowest BCUT2D eigenvalue weighted by Crippen LogP contribution is -2.64. The Bertz CT molecular complexity index is 1260. The molecule has 0 bridgehead atoms. The number of nitrogens with zero attached hydrogens (tertiary/aromatic N) is 3. The van der Waals surface area contributed by atoms with Gasteiger partial charge in [0.05, 0.1) is 0 Å². The van der Waals surface area contributed by atoms with E-state index < -0.39 is 6.04 Å². The van der Waals surface area contributed by atoms with Gasteiger partial charge in [0.15, 0.2) is 0 Å². The molecule has 1 saturated carbocycles. The highest BCUT2D eigenvalue weighted by Gasteiger charge is 2.42. The highest BCUT2D eigenvalue weighted by atomic mass is 35.5. The summed E-state index contributed by atoms with van der Waals surface area (Å²) in [5, 5.41) is 3.79. The lowest BCUT2D eigenvalue weighted by molar-refractivity contribution is -0.139. The van der Waals surface area contributed by atoms with Gasteiger partial charge in [0.2, 0.25) is 17.7 Å². The molecule has 1 heterocycles. The molecule has 2 aliphatic rings. The number of halogens is 3. The van der Waals surface area contributed by atoms with E-state index in [1.807, 2.05) is 0 Å².